The first kappa shape index (κ1) is 14.3. The van der Waals surface area contributed by atoms with Crippen LogP contribution < -0.4 is 5.32 Å². The molecule has 0 spiro atoms. The van der Waals surface area contributed by atoms with Crippen LogP contribution in [0.4, 0.5) is 0 Å². The lowest BCUT2D eigenvalue weighted by atomic mass is 10.0. The molecule has 0 aliphatic heterocycles. The van der Waals surface area contributed by atoms with Gasteiger partial charge in [-0.15, -0.1) is 0 Å². The topological polar surface area (TPSA) is 42.0 Å². The predicted octanol–water partition coefficient (Wildman–Crippen LogP) is 3.61. The summed E-state index contributed by atoms with van der Waals surface area (Å²) < 4.78 is 0. The maximum Gasteiger partial charge on any atom is 0.251 e. The van der Waals surface area contributed by atoms with Crippen LogP contribution in [0.1, 0.15) is 55.1 Å². The number of carbonyl (C=O) groups excluding carboxylic acids is 1. The first-order valence-corrected chi connectivity index (χ1v) is 7.51. The molecule has 2 rings (SSSR count). The molecular weight excluding hydrogens is 260 g/mol. The molecule has 0 unspecified atom stereocenters. The van der Waals surface area contributed by atoms with Crippen molar-refractivity contribution in [2.75, 3.05) is 6.54 Å². The van der Waals surface area contributed by atoms with Crippen LogP contribution in [0, 0.1) is 5.92 Å². The highest BCUT2D eigenvalue weighted by atomic mass is 35.5. The minimum absolute atomic E-state index is 0.0444. The second kappa shape index (κ2) is 6.90. The zero-order chi connectivity index (χ0) is 13.7. The molecule has 19 heavy (non-hydrogen) atoms. The summed E-state index contributed by atoms with van der Waals surface area (Å²) in [5.41, 5.74) is 1.47. The van der Waals surface area contributed by atoms with Gasteiger partial charge in [-0.05, 0) is 30.9 Å². The molecule has 1 aliphatic rings. The van der Waals surface area contributed by atoms with Gasteiger partial charge in [0.1, 0.15) is 5.15 Å². The Balaban J connectivity index is 1.86. The Hall–Kier alpha value is -1.09. The molecule has 0 aromatic carbocycles. The minimum atomic E-state index is -0.0444. The van der Waals surface area contributed by atoms with E-state index < -0.39 is 0 Å². The summed E-state index contributed by atoms with van der Waals surface area (Å²) in [4.78, 5) is 16.2. The lowest BCUT2D eigenvalue weighted by Crippen LogP contribution is -2.25. The van der Waals surface area contributed by atoms with Crippen LogP contribution in [0.5, 0.6) is 0 Å². The second-order valence-electron chi connectivity index (χ2n) is 5.22. The summed E-state index contributed by atoms with van der Waals surface area (Å²) in [5, 5.41) is 3.37. The van der Waals surface area contributed by atoms with Crippen molar-refractivity contribution in [3.05, 3.63) is 28.5 Å². The first-order chi connectivity index (χ1) is 9.19. The highest BCUT2D eigenvalue weighted by Gasteiger charge is 2.15. The number of pyridine rings is 1. The molecule has 104 valence electrons. The molecule has 1 aromatic rings. The van der Waals surface area contributed by atoms with Crippen molar-refractivity contribution in [2.45, 2.75) is 45.4 Å². The Morgan fingerprint density at radius 3 is 2.84 bits per heavy atom. The van der Waals surface area contributed by atoms with Crippen molar-refractivity contribution in [1.82, 2.24) is 10.3 Å². The number of rotatable bonds is 5. The number of halogens is 1. The number of aryl methyl sites for hydroxylation is 1. The van der Waals surface area contributed by atoms with E-state index in [1.54, 1.807) is 6.07 Å². The van der Waals surface area contributed by atoms with Gasteiger partial charge in [0.2, 0.25) is 0 Å². The van der Waals surface area contributed by atoms with Gasteiger partial charge in [-0.25, -0.2) is 4.98 Å². The molecular formula is C15H21ClN2O. The maximum absolute atomic E-state index is 12.0. The molecule has 4 heteroatoms. The molecule has 0 radical (unpaired) electrons. The average molecular weight is 281 g/mol. The Labute approximate surface area is 119 Å². The number of nitrogens with zero attached hydrogens (tertiary/aromatic N) is 1. The lowest BCUT2D eigenvalue weighted by molar-refractivity contribution is 0.0951. The fraction of sp³-hybridized carbons (Fsp3) is 0.600. The van der Waals surface area contributed by atoms with Gasteiger partial charge in [0.25, 0.3) is 5.91 Å². The standard InChI is InChI=1S/C15H21ClN2O/c1-2-13-9-12(10-14(16)18-13)15(19)17-8-7-11-5-3-4-6-11/h9-11H,2-8H2,1H3,(H,17,19). The van der Waals surface area contributed by atoms with E-state index in [9.17, 15) is 4.79 Å². The number of nitrogens with one attached hydrogen (secondary N) is 1. The summed E-state index contributed by atoms with van der Waals surface area (Å²) in [6, 6.07) is 3.45. The highest BCUT2D eigenvalue weighted by molar-refractivity contribution is 6.29. The van der Waals surface area contributed by atoms with Crippen molar-refractivity contribution in [3.63, 3.8) is 0 Å². The molecule has 3 nitrogen and oxygen atoms in total. The van der Waals surface area contributed by atoms with Gasteiger partial charge in [-0.3, -0.25) is 4.79 Å². The van der Waals surface area contributed by atoms with Crippen molar-refractivity contribution >= 4 is 17.5 Å². The normalized spacial score (nSPS) is 15.7. The van der Waals surface area contributed by atoms with Crippen LogP contribution in [0.25, 0.3) is 0 Å². The number of carbonyl (C=O) groups is 1. The van der Waals surface area contributed by atoms with Crippen molar-refractivity contribution in [3.8, 4) is 0 Å². The highest BCUT2D eigenvalue weighted by Crippen LogP contribution is 2.26. The van der Waals surface area contributed by atoms with Gasteiger partial charge in [-0.2, -0.15) is 0 Å². The fourth-order valence-electron chi connectivity index (χ4n) is 2.65. The van der Waals surface area contributed by atoms with Crippen LogP contribution in [0.2, 0.25) is 5.15 Å². The van der Waals surface area contributed by atoms with Crippen molar-refractivity contribution in [2.24, 2.45) is 5.92 Å². The lowest BCUT2D eigenvalue weighted by Gasteiger charge is -2.10. The molecule has 0 saturated heterocycles. The SMILES string of the molecule is CCc1cc(C(=O)NCCC2CCCC2)cc(Cl)n1. The van der Waals surface area contributed by atoms with E-state index in [-0.39, 0.29) is 5.91 Å². The Morgan fingerprint density at radius 1 is 1.42 bits per heavy atom. The van der Waals surface area contributed by atoms with Gasteiger partial charge in [0, 0.05) is 17.8 Å². The van der Waals surface area contributed by atoms with Crippen molar-refractivity contribution in [1.29, 1.82) is 0 Å². The second-order valence-corrected chi connectivity index (χ2v) is 5.61. The fourth-order valence-corrected chi connectivity index (χ4v) is 2.88. The van der Waals surface area contributed by atoms with Gasteiger partial charge in [0.05, 0.1) is 0 Å². The monoisotopic (exact) mass is 280 g/mol. The smallest absolute Gasteiger partial charge is 0.251 e. The van der Waals surface area contributed by atoms with Crippen LogP contribution >= 0.6 is 11.6 Å². The molecule has 1 N–H and O–H groups in total. The van der Waals surface area contributed by atoms with E-state index in [2.05, 4.69) is 10.3 Å². The summed E-state index contributed by atoms with van der Waals surface area (Å²) in [6.45, 7) is 2.76. The third kappa shape index (κ3) is 4.20. The Bertz CT molecular complexity index is 442. The molecule has 1 heterocycles. The van der Waals surface area contributed by atoms with Gasteiger partial charge in [-0.1, -0.05) is 44.2 Å². The quantitative estimate of drug-likeness (QED) is 0.837. The summed E-state index contributed by atoms with van der Waals surface area (Å²) in [7, 11) is 0. The van der Waals surface area contributed by atoms with Crippen LogP contribution in [-0.4, -0.2) is 17.4 Å². The molecule has 0 bridgehead atoms. The predicted molar refractivity (Wildman–Crippen MR) is 77.5 cm³/mol. The Morgan fingerprint density at radius 2 is 2.16 bits per heavy atom. The summed E-state index contributed by atoms with van der Waals surface area (Å²) >= 11 is 5.92. The Kier molecular flexibility index (Phi) is 5.20. The molecule has 1 amide bonds. The molecule has 1 aromatic heterocycles. The third-order valence-corrected chi connectivity index (χ3v) is 3.98. The van der Waals surface area contributed by atoms with E-state index in [0.717, 1.165) is 31.0 Å². The van der Waals surface area contributed by atoms with Gasteiger partial charge in [0.15, 0.2) is 0 Å². The maximum atomic E-state index is 12.0. The minimum Gasteiger partial charge on any atom is -0.352 e. The van der Waals surface area contributed by atoms with Gasteiger partial charge < -0.3 is 5.32 Å². The van der Waals surface area contributed by atoms with Crippen molar-refractivity contribution < 1.29 is 4.79 Å². The largest absolute Gasteiger partial charge is 0.352 e. The number of hydrogen-bond donors (Lipinski definition) is 1. The number of hydrogen-bond acceptors (Lipinski definition) is 2. The van der Waals surface area contributed by atoms with E-state index in [4.69, 9.17) is 11.6 Å². The van der Waals surface area contributed by atoms with E-state index >= 15 is 0 Å². The van der Waals surface area contributed by atoms with E-state index in [0.29, 0.717) is 10.7 Å². The van der Waals surface area contributed by atoms with Crippen LogP contribution in [0.15, 0.2) is 12.1 Å². The molecule has 1 aliphatic carbocycles. The summed E-state index contributed by atoms with van der Waals surface area (Å²) in [5.74, 6) is 0.754. The summed E-state index contributed by atoms with van der Waals surface area (Å²) in [6.07, 6.45) is 7.19. The van der Waals surface area contributed by atoms with E-state index in [1.807, 2.05) is 13.0 Å². The third-order valence-electron chi connectivity index (χ3n) is 3.78. The zero-order valence-corrected chi connectivity index (χ0v) is 12.2. The molecule has 1 saturated carbocycles. The van der Waals surface area contributed by atoms with Crippen LogP contribution in [-0.2, 0) is 6.42 Å². The first-order valence-electron chi connectivity index (χ1n) is 7.13. The number of aromatic nitrogens is 1. The van der Waals surface area contributed by atoms with Crippen LogP contribution in [0.3, 0.4) is 0 Å². The van der Waals surface area contributed by atoms with Gasteiger partial charge >= 0.3 is 0 Å². The molecule has 0 atom stereocenters. The van der Waals surface area contributed by atoms with E-state index in [1.165, 1.54) is 25.7 Å². The number of amides is 1. The average Bonchev–Trinajstić information content (AvgIpc) is 2.91. The zero-order valence-electron chi connectivity index (χ0n) is 11.4. The molecule has 1 fully saturated rings.